The van der Waals surface area contributed by atoms with Crippen molar-refractivity contribution < 1.29 is 22.0 Å². The monoisotopic (exact) mass is 469 g/mol. The van der Waals surface area contributed by atoms with E-state index in [1.807, 2.05) is 53.4 Å². The summed E-state index contributed by atoms with van der Waals surface area (Å²) in [5.41, 5.74) is 4.34. The molecule has 1 aliphatic heterocycles. The molecule has 6 heteroatoms. The van der Waals surface area contributed by atoms with Gasteiger partial charge < -0.3 is 17.7 Å². The Morgan fingerprint density at radius 2 is 1.66 bits per heavy atom. The lowest BCUT2D eigenvalue weighted by Gasteiger charge is -2.37. The first-order chi connectivity index (χ1) is 15.1. The molecule has 0 bridgehead atoms. The average Bonchev–Trinajstić information content (AvgIpc) is 2.95. The van der Waals surface area contributed by atoms with E-state index < -0.39 is 6.04 Å². The number of hydrogen-bond acceptors (Lipinski definition) is 3. The van der Waals surface area contributed by atoms with Crippen molar-refractivity contribution in [3.05, 3.63) is 70.4 Å². The van der Waals surface area contributed by atoms with Gasteiger partial charge in [-0.2, -0.15) is 0 Å². The van der Waals surface area contributed by atoms with Crippen LogP contribution >= 0.6 is 11.6 Å². The van der Waals surface area contributed by atoms with Crippen molar-refractivity contribution in [2.75, 3.05) is 10.2 Å². The first kappa shape index (κ1) is 22.9. The minimum Gasteiger partial charge on any atom is -1.00 e. The maximum Gasteiger partial charge on any atom is 0.231 e. The highest BCUT2D eigenvalue weighted by atomic mass is 35.5. The van der Waals surface area contributed by atoms with Crippen molar-refractivity contribution in [1.82, 2.24) is 0 Å². The number of halogens is 2. The number of carbonyl (C=O) groups is 2. The molecule has 0 aromatic heterocycles. The summed E-state index contributed by atoms with van der Waals surface area (Å²) in [6, 6.07) is 15.1. The van der Waals surface area contributed by atoms with E-state index in [0.29, 0.717) is 11.4 Å². The topological polar surface area (TPSA) is 49.4 Å². The Labute approximate surface area is 200 Å². The fourth-order valence-electron chi connectivity index (χ4n) is 5.28. The number of amides is 1. The van der Waals surface area contributed by atoms with Crippen LogP contribution < -0.4 is 22.6 Å². The maximum atomic E-state index is 14.0. The highest BCUT2D eigenvalue weighted by molar-refractivity contribution is 6.30. The van der Waals surface area contributed by atoms with E-state index in [0.717, 1.165) is 66.7 Å². The second kappa shape index (κ2) is 9.68. The molecule has 2 aromatic rings. The third-order valence-electron chi connectivity index (χ3n) is 6.81. The normalized spacial score (nSPS) is 21.1. The first-order valence-corrected chi connectivity index (χ1v) is 11.7. The summed E-state index contributed by atoms with van der Waals surface area (Å²) >= 11 is 6.18. The van der Waals surface area contributed by atoms with Crippen LogP contribution in [0.5, 0.6) is 0 Å². The van der Waals surface area contributed by atoms with Crippen molar-refractivity contribution in [2.45, 2.75) is 57.4 Å². The summed E-state index contributed by atoms with van der Waals surface area (Å²) in [4.78, 5) is 29.2. The minimum absolute atomic E-state index is 0. The van der Waals surface area contributed by atoms with Crippen LogP contribution in [0.3, 0.4) is 0 Å². The number of carbonyl (C=O) groups excluding carboxylic acids is 2. The van der Waals surface area contributed by atoms with Crippen LogP contribution in [0.15, 0.2) is 59.8 Å². The molecule has 1 atom stereocenters. The zero-order valence-corrected chi connectivity index (χ0v) is 19.5. The van der Waals surface area contributed by atoms with Gasteiger partial charge in [0.1, 0.15) is 0 Å². The van der Waals surface area contributed by atoms with Gasteiger partial charge in [0.25, 0.3) is 0 Å². The molecule has 0 radical (unpaired) electrons. The number of anilines is 2. The number of rotatable bonds is 2. The molecule has 2 aromatic carbocycles. The van der Waals surface area contributed by atoms with Crippen LogP contribution in [-0.4, -0.2) is 11.7 Å². The van der Waals surface area contributed by atoms with Crippen molar-refractivity contribution >= 4 is 34.7 Å². The molecule has 3 aliphatic rings. The Morgan fingerprint density at radius 3 is 2.41 bits per heavy atom. The summed E-state index contributed by atoms with van der Waals surface area (Å²) in [6.45, 7) is 0. The van der Waals surface area contributed by atoms with Crippen molar-refractivity contribution in [2.24, 2.45) is 5.92 Å². The molecule has 1 amide bonds. The van der Waals surface area contributed by atoms with Gasteiger partial charge in [0.2, 0.25) is 5.91 Å². The molecule has 1 fully saturated rings. The summed E-state index contributed by atoms with van der Waals surface area (Å²) < 4.78 is 0. The summed E-state index contributed by atoms with van der Waals surface area (Å²) in [5.74, 6) is 0.251. The number of ketones is 1. The molecule has 1 N–H and O–H groups in total. The standard InChI is InChI=1S/C26H27ClN2O2.ClH/c27-19-15-13-17(14-16-19)25-24-21(10-6-12-23(24)30)28-20-9-4-5-11-22(20)29(25)26(31)18-7-2-1-3-8-18;/h4-5,9,11,13-16,18,25,28H,1-3,6-8,10,12H2;1H/p-1. The van der Waals surface area contributed by atoms with Gasteiger partial charge in [-0.15, -0.1) is 0 Å². The van der Waals surface area contributed by atoms with Crippen LogP contribution in [0, 0.1) is 5.92 Å². The first-order valence-electron chi connectivity index (χ1n) is 11.3. The smallest absolute Gasteiger partial charge is 0.231 e. The molecule has 0 spiro atoms. The zero-order chi connectivity index (χ0) is 21.4. The quantitative estimate of drug-likeness (QED) is 0.732. The Bertz CT molecular complexity index is 1040. The fourth-order valence-corrected chi connectivity index (χ4v) is 5.41. The lowest BCUT2D eigenvalue weighted by molar-refractivity contribution is -0.123. The van der Waals surface area contributed by atoms with E-state index in [1.54, 1.807) is 0 Å². The number of allylic oxidation sites excluding steroid dienone is 1. The molecular formula is C26H27Cl2N2O2-. The molecule has 2 aliphatic carbocycles. The van der Waals surface area contributed by atoms with Gasteiger partial charge in [-0.05, 0) is 55.5 Å². The number of nitrogens with zero attached hydrogens (tertiary/aromatic N) is 1. The molecule has 32 heavy (non-hydrogen) atoms. The number of nitrogens with one attached hydrogen (secondary N) is 1. The van der Waals surface area contributed by atoms with Crippen LogP contribution in [0.1, 0.15) is 63.0 Å². The summed E-state index contributed by atoms with van der Waals surface area (Å²) in [6.07, 6.45) is 7.35. The molecule has 168 valence electrons. The third kappa shape index (κ3) is 4.18. The number of hydrogen-bond donors (Lipinski definition) is 1. The van der Waals surface area contributed by atoms with Crippen LogP contribution in [0.2, 0.25) is 5.02 Å². The lowest BCUT2D eigenvalue weighted by atomic mass is 9.83. The highest BCUT2D eigenvalue weighted by Gasteiger charge is 2.41. The number of Topliss-reactive ketones (excluding diaryl/α,β-unsaturated/α-hetero) is 1. The Morgan fingerprint density at radius 1 is 0.938 bits per heavy atom. The summed E-state index contributed by atoms with van der Waals surface area (Å²) in [5, 5.41) is 4.17. The number of para-hydroxylation sites is 2. The van der Waals surface area contributed by atoms with Crippen molar-refractivity contribution in [3.63, 3.8) is 0 Å². The van der Waals surface area contributed by atoms with Gasteiger partial charge in [0, 0.05) is 28.6 Å². The predicted octanol–water partition coefficient (Wildman–Crippen LogP) is 3.43. The molecular weight excluding hydrogens is 443 g/mol. The van der Waals surface area contributed by atoms with Gasteiger partial charge in [0.05, 0.1) is 17.4 Å². The average molecular weight is 470 g/mol. The van der Waals surface area contributed by atoms with Crippen LogP contribution in [0.4, 0.5) is 11.4 Å². The minimum atomic E-state index is -0.439. The van der Waals surface area contributed by atoms with E-state index >= 15 is 0 Å². The van der Waals surface area contributed by atoms with Gasteiger partial charge in [-0.3, -0.25) is 14.5 Å². The second-order valence-corrected chi connectivity index (χ2v) is 9.24. The molecule has 1 saturated carbocycles. The van der Waals surface area contributed by atoms with Gasteiger partial charge >= 0.3 is 0 Å². The van der Waals surface area contributed by atoms with Gasteiger partial charge in [-0.25, -0.2) is 0 Å². The van der Waals surface area contributed by atoms with E-state index in [9.17, 15) is 9.59 Å². The lowest BCUT2D eigenvalue weighted by Crippen LogP contribution is -3.00. The van der Waals surface area contributed by atoms with E-state index in [2.05, 4.69) is 5.32 Å². The van der Waals surface area contributed by atoms with E-state index in [1.165, 1.54) is 6.42 Å². The zero-order valence-electron chi connectivity index (χ0n) is 17.9. The molecule has 4 nitrogen and oxygen atoms in total. The van der Waals surface area contributed by atoms with Gasteiger partial charge in [-0.1, -0.05) is 55.1 Å². The molecule has 0 saturated heterocycles. The second-order valence-electron chi connectivity index (χ2n) is 8.81. The predicted molar refractivity (Wildman–Crippen MR) is 124 cm³/mol. The molecule has 1 heterocycles. The fraction of sp³-hybridized carbons (Fsp3) is 0.385. The Hall–Kier alpha value is -2.30. The van der Waals surface area contributed by atoms with Crippen molar-refractivity contribution in [3.8, 4) is 0 Å². The summed E-state index contributed by atoms with van der Waals surface area (Å²) in [7, 11) is 0. The number of fused-ring (bicyclic) bond motifs is 1. The maximum absolute atomic E-state index is 14.0. The van der Waals surface area contributed by atoms with Crippen LogP contribution in [0.25, 0.3) is 0 Å². The largest absolute Gasteiger partial charge is 1.00 e. The highest BCUT2D eigenvalue weighted by Crippen LogP contribution is 2.46. The van der Waals surface area contributed by atoms with E-state index in [-0.39, 0.29) is 30.0 Å². The van der Waals surface area contributed by atoms with Crippen LogP contribution in [-0.2, 0) is 9.59 Å². The molecule has 1 unspecified atom stereocenters. The Balaban J connectivity index is 0.00000245. The number of benzene rings is 2. The SMILES string of the molecule is O=C1CCCC2=C1C(c1ccc(Cl)cc1)N(C(=O)C1CCCCC1)c1ccccc1N2.[Cl-]. The molecule has 5 rings (SSSR count). The van der Waals surface area contributed by atoms with Crippen molar-refractivity contribution in [1.29, 1.82) is 0 Å². The van der Waals surface area contributed by atoms with Gasteiger partial charge in [0.15, 0.2) is 5.78 Å². The van der Waals surface area contributed by atoms with E-state index in [4.69, 9.17) is 11.6 Å². The third-order valence-corrected chi connectivity index (χ3v) is 7.07. The Kier molecular flexibility index (Phi) is 6.92.